The quantitative estimate of drug-likeness (QED) is 0.607. The number of aromatic nitrogens is 2. The molecule has 3 rings (SSSR count). The van der Waals surface area contributed by atoms with E-state index in [-0.39, 0.29) is 17.9 Å². The lowest BCUT2D eigenvalue weighted by atomic mass is 10.1. The number of aryl methyl sites for hydroxylation is 1. The molecule has 0 aliphatic carbocycles. The zero-order valence-electron chi connectivity index (χ0n) is 15.3. The minimum Gasteiger partial charge on any atom is -0.490 e. The molecule has 26 heavy (non-hydrogen) atoms. The topological polar surface area (TPSA) is 70.4 Å². The highest BCUT2D eigenvalue weighted by molar-refractivity contribution is 5.74. The molecule has 2 aromatic rings. The molecule has 0 spiro atoms. The van der Waals surface area contributed by atoms with E-state index in [0.29, 0.717) is 23.8 Å². The molecular weight excluding hydrogens is 332 g/mol. The van der Waals surface area contributed by atoms with Crippen LogP contribution in [0.4, 0.5) is 0 Å². The Kier molecular flexibility index (Phi) is 5.71. The summed E-state index contributed by atoms with van der Waals surface area (Å²) in [5.41, 5.74) is 1.37. The summed E-state index contributed by atoms with van der Waals surface area (Å²) in [6, 6.07) is 6.84. The van der Waals surface area contributed by atoms with Crippen LogP contribution in [0.1, 0.15) is 45.4 Å². The van der Waals surface area contributed by atoms with Crippen LogP contribution in [0.2, 0.25) is 0 Å². The SMILES string of the molecule is CCOc1cc(-c2cc(=O)n3c(n2)CCCCC3)ccc1OC(=O)CC. The van der Waals surface area contributed by atoms with Crippen LogP contribution < -0.4 is 15.0 Å². The van der Waals surface area contributed by atoms with Crippen molar-refractivity contribution in [2.24, 2.45) is 0 Å². The molecule has 0 saturated heterocycles. The maximum absolute atomic E-state index is 12.5. The molecule has 0 atom stereocenters. The highest BCUT2D eigenvalue weighted by Gasteiger charge is 2.15. The van der Waals surface area contributed by atoms with Crippen LogP contribution in [0.25, 0.3) is 11.3 Å². The molecule has 6 heteroatoms. The first-order chi connectivity index (χ1) is 12.6. The lowest BCUT2D eigenvalue weighted by Gasteiger charge is -2.13. The smallest absolute Gasteiger partial charge is 0.311 e. The molecule has 1 aliphatic rings. The van der Waals surface area contributed by atoms with Crippen molar-refractivity contribution < 1.29 is 14.3 Å². The minimum absolute atomic E-state index is 0.0219. The van der Waals surface area contributed by atoms with Gasteiger partial charge in [-0.2, -0.15) is 0 Å². The Morgan fingerprint density at radius 3 is 2.77 bits per heavy atom. The molecule has 1 aliphatic heterocycles. The number of ether oxygens (including phenoxy) is 2. The predicted molar refractivity (Wildman–Crippen MR) is 98.6 cm³/mol. The molecule has 0 amide bonds. The zero-order valence-corrected chi connectivity index (χ0v) is 15.3. The van der Waals surface area contributed by atoms with E-state index < -0.39 is 0 Å². The van der Waals surface area contributed by atoms with Crippen LogP contribution in [-0.4, -0.2) is 22.1 Å². The molecule has 1 aromatic heterocycles. The molecular formula is C20H24N2O4. The van der Waals surface area contributed by atoms with Crippen LogP contribution in [0.3, 0.4) is 0 Å². The van der Waals surface area contributed by atoms with Crippen molar-refractivity contribution in [3.8, 4) is 22.8 Å². The Morgan fingerprint density at radius 2 is 2.00 bits per heavy atom. The highest BCUT2D eigenvalue weighted by atomic mass is 16.6. The van der Waals surface area contributed by atoms with Crippen LogP contribution in [0.15, 0.2) is 29.1 Å². The van der Waals surface area contributed by atoms with E-state index in [4.69, 9.17) is 14.5 Å². The molecule has 1 aromatic carbocycles. The number of esters is 1. The molecule has 0 N–H and O–H groups in total. The summed E-state index contributed by atoms with van der Waals surface area (Å²) < 4.78 is 12.7. The monoisotopic (exact) mass is 356 g/mol. The summed E-state index contributed by atoms with van der Waals surface area (Å²) in [5, 5.41) is 0. The first-order valence-electron chi connectivity index (χ1n) is 9.21. The number of rotatable bonds is 5. The van der Waals surface area contributed by atoms with Gasteiger partial charge in [0.25, 0.3) is 5.56 Å². The van der Waals surface area contributed by atoms with Gasteiger partial charge in [0, 0.05) is 31.0 Å². The Labute approximate surface area is 152 Å². The van der Waals surface area contributed by atoms with Crippen molar-refractivity contribution in [3.05, 3.63) is 40.4 Å². The zero-order chi connectivity index (χ0) is 18.5. The number of nitrogens with zero attached hydrogens (tertiary/aromatic N) is 2. The second-order valence-corrected chi connectivity index (χ2v) is 6.28. The lowest BCUT2D eigenvalue weighted by molar-refractivity contribution is -0.134. The van der Waals surface area contributed by atoms with Gasteiger partial charge in [-0.05, 0) is 38.0 Å². The summed E-state index contributed by atoms with van der Waals surface area (Å²) in [6.45, 7) is 4.78. The lowest BCUT2D eigenvalue weighted by Crippen LogP contribution is -2.23. The van der Waals surface area contributed by atoms with Crippen LogP contribution in [0.5, 0.6) is 11.5 Å². The van der Waals surface area contributed by atoms with Gasteiger partial charge in [-0.25, -0.2) is 4.98 Å². The van der Waals surface area contributed by atoms with Gasteiger partial charge in [-0.15, -0.1) is 0 Å². The number of carbonyl (C=O) groups is 1. The van der Waals surface area contributed by atoms with Crippen molar-refractivity contribution in [2.75, 3.05) is 6.61 Å². The second kappa shape index (κ2) is 8.17. The van der Waals surface area contributed by atoms with Gasteiger partial charge in [0.15, 0.2) is 11.5 Å². The molecule has 0 fully saturated rings. The number of fused-ring (bicyclic) bond motifs is 1. The van der Waals surface area contributed by atoms with Gasteiger partial charge in [0.05, 0.1) is 12.3 Å². The second-order valence-electron chi connectivity index (χ2n) is 6.28. The number of benzene rings is 1. The third kappa shape index (κ3) is 3.95. The fourth-order valence-electron chi connectivity index (χ4n) is 3.08. The normalized spacial score (nSPS) is 13.6. The van der Waals surface area contributed by atoms with E-state index in [0.717, 1.165) is 43.6 Å². The van der Waals surface area contributed by atoms with Crippen LogP contribution in [-0.2, 0) is 17.8 Å². The fraction of sp³-hybridized carbons (Fsp3) is 0.450. The maximum atomic E-state index is 12.5. The van der Waals surface area contributed by atoms with E-state index in [2.05, 4.69) is 0 Å². The molecule has 2 heterocycles. The largest absolute Gasteiger partial charge is 0.490 e. The van der Waals surface area contributed by atoms with Gasteiger partial charge < -0.3 is 9.47 Å². The van der Waals surface area contributed by atoms with E-state index in [9.17, 15) is 9.59 Å². The summed E-state index contributed by atoms with van der Waals surface area (Å²) in [7, 11) is 0. The average molecular weight is 356 g/mol. The molecule has 0 radical (unpaired) electrons. The highest BCUT2D eigenvalue weighted by Crippen LogP contribution is 2.32. The number of hydrogen-bond acceptors (Lipinski definition) is 5. The Morgan fingerprint density at radius 1 is 1.15 bits per heavy atom. The molecule has 0 unspecified atom stereocenters. The van der Waals surface area contributed by atoms with Gasteiger partial charge >= 0.3 is 5.97 Å². The van der Waals surface area contributed by atoms with Crippen molar-refractivity contribution in [1.82, 2.24) is 9.55 Å². The molecule has 0 saturated carbocycles. The third-order valence-electron chi connectivity index (χ3n) is 4.42. The van der Waals surface area contributed by atoms with E-state index in [1.54, 1.807) is 35.8 Å². The van der Waals surface area contributed by atoms with Crippen molar-refractivity contribution in [3.63, 3.8) is 0 Å². The van der Waals surface area contributed by atoms with Gasteiger partial charge in [0.2, 0.25) is 0 Å². The maximum Gasteiger partial charge on any atom is 0.311 e. The average Bonchev–Trinajstić information content (AvgIpc) is 2.89. The number of hydrogen-bond donors (Lipinski definition) is 0. The van der Waals surface area contributed by atoms with Gasteiger partial charge in [0.1, 0.15) is 5.82 Å². The van der Waals surface area contributed by atoms with E-state index >= 15 is 0 Å². The Bertz CT molecular complexity index is 857. The first kappa shape index (κ1) is 18.2. The molecule has 6 nitrogen and oxygen atoms in total. The van der Waals surface area contributed by atoms with Crippen molar-refractivity contribution >= 4 is 5.97 Å². The fourth-order valence-corrected chi connectivity index (χ4v) is 3.08. The molecule has 138 valence electrons. The standard InChI is InChI=1S/C20H24N2O4/c1-3-20(24)26-16-10-9-14(12-17(16)25-4-2)15-13-19(23)22-11-7-5-6-8-18(22)21-15/h9-10,12-13H,3-8,11H2,1-2H3. The van der Waals surface area contributed by atoms with E-state index in [1.807, 2.05) is 6.92 Å². The number of carbonyl (C=O) groups excluding carboxylic acids is 1. The Hall–Kier alpha value is -2.63. The van der Waals surface area contributed by atoms with Crippen LogP contribution >= 0.6 is 0 Å². The summed E-state index contributed by atoms with van der Waals surface area (Å²) >= 11 is 0. The summed E-state index contributed by atoms with van der Waals surface area (Å²) in [6.07, 6.45) is 4.28. The van der Waals surface area contributed by atoms with Crippen molar-refractivity contribution in [2.45, 2.75) is 52.5 Å². The predicted octanol–water partition coefficient (Wildman–Crippen LogP) is 3.35. The Balaban J connectivity index is 2.00. The van der Waals surface area contributed by atoms with Crippen molar-refractivity contribution in [1.29, 1.82) is 0 Å². The van der Waals surface area contributed by atoms with E-state index in [1.165, 1.54) is 0 Å². The third-order valence-corrected chi connectivity index (χ3v) is 4.42. The molecule has 0 bridgehead atoms. The summed E-state index contributed by atoms with van der Waals surface area (Å²) in [4.78, 5) is 28.8. The minimum atomic E-state index is -0.319. The van der Waals surface area contributed by atoms with Crippen LogP contribution in [0, 0.1) is 0 Å². The van der Waals surface area contributed by atoms with Gasteiger partial charge in [-0.1, -0.05) is 13.3 Å². The van der Waals surface area contributed by atoms with Gasteiger partial charge in [-0.3, -0.25) is 14.2 Å². The first-order valence-corrected chi connectivity index (χ1v) is 9.21. The summed E-state index contributed by atoms with van der Waals surface area (Å²) in [5.74, 6) is 1.38.